The number of rotatable bonds is 3. The molecule has 5 heterocycles. The van der Waals surface area contributed by atoms with Gasteiger partial charge in [0.2, 0.25) is 0 Å². The van der Waals surface area contributed by atoms with Gasteiger partial charge in [-0.2, -0.15) is 5.10 Å². The molecule has 0 fully saturated rings. The molecule has 7 nitrogen and oxygen atoms in total. The minimum Gasteiger partial charge on any atom is -0.336 e. The standard InChI is InChI=1S/C24H18FN7/c25-17-6-2-1-5-16(17)21-22-19(9-11-27-21)31-24(32-22)23-20-14(4-3-10-26-23)7-8-18(30-20)15-12-28-29-13-15/h1-2,5-9,11-13H,3-4,10H2,(H,28,29)(H,31,32). The van der Waals surface area contributed by atoms with Crippen LogP contribution < -0.4 is 0 Å². The maximum atomic E-state index is 14.5. The number of nitrogens with one attached hydrogen (secondary N) is 2. The highest BCUT2D eigenvalue weighted by molar-refractivity contribution is 6.12. The van der Waals surface area contributed by atoms with Crippen LogP contribution in [0.3, 0.4) is 0 Å². The first kappa shape index (κ1) is 18.6. The van der Waals surface area contributed by atoms with E-state index in [0.717, 1.165) is 40.9 Å². The molecule has 0 bridgehead atoms. The number of nitrogens with zero attached hydrogens (tertiary/aromatic N) is 5. The second-order valence-corrected chi connectivity index (χ2v) is 7.65. The summed E-state index contributed by atoms with van der Waals surface area (Å²) in [6, 6.07) is 12.5. The van der Waals surface area contributed by atoms with Crippen molar-refractivity contribution in [3.63, 3.8) is 0 Å². The number of aromatic nitrogens is 6. The summed E-state index contributed by atoms with van der Waals surface area (Å²) in [5.41, 5.74) is 6.65. The van der Waals surface area contributed by atoms with E-state index < -0.39 is 0 Å². The van der Waals surface area contributed by atoms with E-state index in [1.54, 1.807) is 30.6 Å². The van der Waals surface area contributed by atoms with Crippen LogP contribution in [-0.2, 0) is 6.42 Å². The molecule has 2 N–H and O–H groups in total. The SMILES string of the molecule is Fc1ccccc1-c1nccc2[nH]c(C3=NCCCc4ccc(-c5cn[nH]c5)nc43)nc12. The first-order valence-electron chi connectivity index (χ1n) is 10.4. The lowest BCUT2D eigenvalue weighted by molar-refractivity contribution is 0.631. The molecule has 5 aromatic rings. The van der Waals surface area contributed by atoms with Gasteiger partial charge < -0.3 is 4.98 Å². The number of hydrogen-bond acceptors (Lipinski definition) is 5. The Hall–Kier alpha value is -4.20. The summed E-state index contributed by atoms with van der Waals surface area (Å²) < 4.78 is 14.5. The van der Waals surface area contributed by atoms with E-state index in [4.69, 9.17) is 15.0 Å². The molecule has 0 aliphatic carbocycles. The predicted octanol–water partition coefficient (Wildman–Crippen LogP) is 4.33. The van der Waals surface area contributed by atoms with Crippen molar-refractivity contribution in [2.24, 2.45) is 4.99 Å². The Morgan fingerprint density at radius 3 is 2.78 bits per heavy atom. The summed E-state index contributed by atoms with van der Waals surface area (Å²) in [7, 11) is 0. The zero-order valence-electron chi connectivity index (χ0n) is 17.0. The molecule has 4 aromatic heterocycles. The van der Waals surface area contributed by atoms with Crippen molar-refractivity contribution in [1.29, 1.82) is 0 Å². The van der Waals surface area contributed by atoms with E-state index in [9.17, 15) is 4.39 Å². The van der Waals surface area contributed by atoms with Crippen LogP contribution in [-0.4, -0.2) is 42.4 Å². The summed E-state index contributed by atoms with van der Waals surface area (Å²) in [6.45, 7) is 0.683. The third kappa shape index (κ3) is 3.08. The Morgan fingerprint density at radius 1 is 0.969 bits per heavy atom. The van der Waals surface area contributed by atoms with Gasteiger partial charge in [0, 0.05) is 30.1 Å². The Kier molecular flexibility index (Phi) is 4.34. The van der Waals surface area contributed by atoms with Crippen molar-refractivity contribution in [1.82, 2.24) is 30.1 Å². The van der Waals surface area contributed by atoms with Gasteiger partial charge in [0.25, 0.3) is 0 Å². The van der Waals surface area contributed by atoms with Gasteiger partial charge >= 0.3 is 0 Å². The molecule has 0 saturated carbocycles. The fourth-order valence-corrected chi connectivity index (χ4v) is 4.07. The number of hydrogen-bond donors (Lipinski definition) is 2. The Bertz CT molecular complexity index is 1470. The number of fused-ring (bicyclic) bond motifs is 2. The first-order valence-corrected chi connectivity index (χ1v) is 10.4. The summed E-state index contributed by atoms with van der Waals surface area (Å²) in [5.74, 6) is 0.270. The Balaban J connectivity index is 1.52. The van der Waals surface area contributed by atoms with E-state index in [1.807, 2.05) is 18.3 Å². The number of aromatic amines is 2. The molecule has 6 rings (SSSR count). The van der Waals surface area contributed by atoms with Crippen molar-refractivity contribution in [2.45, 2.75) is 12.8 Å². The molecule has 1 aromatic carbocycles. The van der Waals surface area contributed by atoms with Gasteiger partial charge in [-0.15, -0.1) is 0 Å². The number of halogens is 1. The average molecular weight is 423 g/mol. The molecule has 0 amide bonds. The van der Waals surface area contributed by atoms with Gasteiger partial charge in [-0.05, 0) is 42.7 Å². The third-order valence-corrected chi connectivity index (χ3v) is 5.63. The van der Waals surface area contributed by atoms with Gasteiger partial charge in [-0.3, -0.25) is 15.1 Å². The van der Waals surface area contributed by atoms with Crippen LogP contribution in [0.5, 0.6) is 0 Å². The fraction of sp³-hybridized carbons (Fsp3) is 0.125. The second kappa shape index (κ2) is 7.49. The van der Waals surface area contributed by atoms with Crippen LogP contribution in [0, 0.1) is 5.82 Å². The van der Waals surface area contributed by atoms with E-state index >= 15 is 0 Å². The molecule has 1 aliphatic rings. The molecule has 0 radical (unpaired) electrons. The van der Waals surface area contributed by atoms with Gasteiger partial charge in [-0.1, -0.05) is 18.2 Å². The minimum atomic E-state index is -0.333. The van der Waals surface area contributed by atoms with Gasteiger partial charge in [0.15, 0.2) is 5.82 Å². The van der Waals surface area contributed by atoms with Crippen LogP contribution in [0.1, 0.15) is 23.5 Å². The highest BCUT2D eigenvalue weighted by atomic mass is 19.1. The fourth-order valence-electron chi connectivity index (χ4n) is 4.07. The van der Waals surface area contributed by atoms with Crippen molar-refractivity contribution >= 4 is 16.7 Å². The lowest BCUT2D eigenvalue weighted by Gasteiger charge is -2.08. The summed E-state index contributed by atoms with van der Waals surface area (Å²) in [6.07, 6.45) is 7.05. The number of aryl methyl sites for hydroxylation is 1. The van der Waals surface area contributed by atoms with Gasteiger partial charge in [-0.25, -0.2) is 14.4 Å². The predicted molar refractivity (Wildman–Crippen MR) is 120 cm³/mol. The maximum absolute atomic E-state index is 14.5. The van der Waals surface area contributed by atoms with Gasteiger partial charge in [0.05, 0.1) is 23.1 Å². The van der Waals surface area contributed by atoms with Crippen LogP contribution in [0.15, 0.2) is 66.0 Å². The summed E-state index contributed by atoms with van der Waals surface area (Å²) in [4.78, 5) is 22.3. The minimum absolute atomic E-state index is 0.333. The highest BCUT2D eigenvalue weighted by Gasteiger charge is 2.22. The zero-order chi connectivity index (χ0) is 21.5. The molecule has 156 valence electrons. The molecule has 0 spiro atoms. The quantitative estimate of drug-likeness (QED) is 0.451. The highest BCUT2D eigenvalue weighted by Crippen LogP contribution is 2.29. The number of pyridine rings is 2. The van der Waals surface area contributed by atoms with Crippen molar-refractivity contribution < 1.29 is 4.39 Å². The third-order valence-electron chi connectivity index (χ3n) is 5.63. The molecule has 0 atom stereocenters. The number of aliphatic imine (C=N–C) groups is 1. The van der Waals surface area contributed by atoms with Crippen molar-refractivity contribution in [3.05, 3.63) is 84.0 Å². The molecule has 0 unspecified atom stereocenters. The molecule has 8 heteroatoms. The largest absolute Gasteiger partial charge is 0.336 e. The van der Waals surface area contributed by atoms with Gasteiger partial charge in [0.1, 0.15) is 22.7 Å². The number of imidazole rings is 1. The number of benzene rings is 1. The number of H-pyrrole nitrogens is 2. The monoisotopic (exact) mass is 423 g/mol. The molecule has 0 saturated heterocycles. The zero-order valence-corrected chi connectivity index (χ0v) is 17.0. The van der Waals surface area contributed by atoms with Crippen molar-refractivity contribution in [2.75, 3.05) is 6.54 Å². The van der Waals surface area contributed by atoms with Crippen LogP contribution >= 0.6 is 0 Å². The lowest BCUT2D eigenvalue weighted by atomic mass is 10.0. The first-order chi connectivity index (χ1) is 15.8. The topological polar surface area (TPSA) is 95.5 Å². The molecule has 1 aliphatic heterocycles. The molecular weight excluding hydrogens is 405 g/mol. The van der Waals surface area contributed by atoms with E-state index in [1.165, 1.54) is 6.07 Å². The van der Waals surface area contributed by atoms with Crippen LogP contribution in [0.4, 0.5) is 4.39 Å². The Labute approximate surface area is 182 Å². The van der Waals surface area contributed by atoms with Crippen LogP contribution in [0.25, 0.3) is 33.5 Å². The van der Waals surface area contributed by atoms with E-state index in [0.29, 0.717) is 34.9 Å². The summed E-state index contributed by atoms with van der Waals surface area (Å²) >= 11 is 0. The second-order valence-electron chi connectivity index (χ2n) is 7.65. The molecule has 32 heavy (non-hydrogen) atoms. The molecular formula is C24H18FN7. The lowest BCUT2D eigenvalue weighted by Crippen LogP contribution is -2.11. The van der Waals surface area contributed by atoms with E-state index in [2.05, 4.69) is 26.2 Å². The normalized spacial score (nSPS) is 13.6. The van der Waals surface area contributed by atoms with Crippen molar-refractivity contribution in [3.8, 4) is 22.5 Å². The van der Waals surface area contributed by atoms with E-state index in [-0.39, 0.29) is 5.82 Å². The van der Waals surface area contributed by atoms with Crippen LogP contribution in [0.2, 0.25) is 0 Å². The summed E-state index contributed by atoms with van der Waals surface area (Å²) in [5, 5.41) is 6.86. The maximum Gasteiger partial charge on any atom is 0.159 e. The average Bonchev–Trinajstić information content (AvgIpc) is 3.46. The Morgan fingerprint density at radius 2 is 1.91 bits per heavy atom. The smallest absolute Gasteiger partial charge is 0.159 e.